The molecule has 0 aromatic heterocycles. The number of ether oxygens (including phenoxy) is 1. The highest BCUT2D eigenvalue weighted by Crippen LogP contribution is 2.18. The standard InChI is InChI=1S/C19H21NO4S/c1-14(2)20(15-9-5-4-6-10-15)18(21)13-24-19(22)16-11-7-8-12-17(16)25(3)23/h4-12,14H,13H2,1-3H3/t25-/m0/s1. The van der Waals surface area contributed by atoms with E-state index in [0.29, 0.717) is 4.90 Å². The lowest BCUT2D eigenvalue weighted by atomic mass is 10.2. The van der Waals surface area contributed by atoms with E-state index in [2.05, 4.69) is 0 Å². The van der Waals surface area contributed by atoms with Crippen LogP contribution in [0, 0.1) is 0 Å². The predicted octanol–water partition coefficient (Wildman–Crippen LogP) is 3.02. The van der Waals surface area contributed by atoms with Gasteiger partial charge < -0.3 is 9.64 Å². The van der Waals surface area contributed by atoms with Crippen LogP contribution in [-0.2, 0) is 20.3 Å². The highest BCUT2D eigenvalue weighted by atomic mass is 32.2. The molecule has 0 heterocycles. The fourth-order valence-electron chi connectivity index (χ4n) is 2.48. The number of carbonyl (C=O) groups excluding carboxylic acids is 2. The molecule has 0 aliphatic carbocycles. The van der Waals surface area contributed by atoms with Crippen LogP contribution in [0.1, 0.15) is 24.2 Å². The van der Waals surface area contributed by atoms with E-state index in [1.165, 1.54) is 6.26 Å². The minimum atomic E-state index is -1.32. The third kappa shape index (κ3) is 4.76. The van der Waals surface area contributed by atoms with E-state index >= 15 is 0 Å². The predicted molar refractivity (Wildman–Crippen MR) is 98.1 cm³/mol. The van der Waals surface area contributed by atoms with Crippen LogP contribution in [0.25, 0.3) is 0 Å². The number of amides is 1. The van der Waals surface area contributed by atoms with Gasteiger partial charge in [0.05, 0.1) is 21.3 Å². The van der Waals surface area contributed by atoms with E-state index in [4.69, 9.17) is 4.74 Å². The Bertz CT molecular complexity index is 774. The monoisotopic (exact) mass is 359 g/mol. The van der Waals surface area contributed by atoms with Crippen molar-refractivity contribution < 1.29 is 18.5 Å². The van der Waals surface area contributed by atoms with Crippen LogP contribution in [0.3, 0.4) is 0 Å². The molecule has 2 aromatic rings. The number of esters is 1. The van der Waals surface area contributed by atoms with Crippen molar-refractivity contribution in [2.45, 2.75) is 24.8 Å². The topological polar surface area (TPSA) is 63.7 Å². The van der Waals surface area contributed by atoms with Gasteiger partial charge in [-0.2, -0.15) is 0 Å². The maximum Gasteiger partial charge on any atom is 0.339 e. The molecule has 5 nitrogen and oxygen atoms in total. The lowest BCUT2D eigenvalue weighted by Crippen LogP contribution is -2.39. The van der Waals surface area contributed by atoms with Crippen molar-refractivity contribution in [1.82, 2.24) is 0 Å². The average molecular weight is 359 g/mol. The zero-order valence-corrected chi connectivity index (χ0v) is 15.3. The Morgan fingerprint density at radius 1 is 1.04 bits per heavy atom. The highest BCUT2D eigenvalue weighted by Gasteiger charge is 2.22. The fourth-order valence-corrected chi connectivity index (χ4v) is 3.21. The summed E-state index contributed by atoms with van der Waals surface area (Å²) in [5.74, 6) is -0.972. The molecule has 0 saturated heterocycles. The summed E-state index contributed by atoms with van der Waals surface area (Å²) < 4.78 is 16.9. The molecule has 1 amide bonds. The molecule has 0 saturated carbocycles. The first-order valence-electron chi connectivity index (χ1n) is 7.88. The van der Waals surface area contributed by atoms with Crippen LogP contribution in [0.2, 0.25) is 0 Å². The molecule has 0 N–H and O–H groups in total. The number of hydrogen-bond acceptors (Lipinski definition) is 4. The van der Waals surface area contributed by atoms with E-state index in [-0.39, 0.29) is 24.1 Å². The third-order valence-corrected chi connectivity index (χ3v) is 4.54. The second-order valence-corrected chi connectivity index (χ2v) is 7.07. The molecule has 2 aromatic carbocycles. The maximum atomic E-state index is 12.5. The molecular formula is C19H21NO4S. The van der Waals surface area contributed by atoms with Gasteiger partial charge in [0.1, 0.15) is 0 Å². The molecule has 0 bridgehead atoms. The molecule has 0 unspecified atom stereocenters. The van der Waals surface area contributed by atoms with Gasteiger partial charge in [0, 0.05) is 18.0 Å². The van der Waals surface area contributed by atoms with Crippen LogP contribution in [0.15, 0.2) is 59.5 Å². The zero-order valence-electron chi connectivity index (χ0n) is 14.5. The number of carbonyl (C=O) groups is 2. The van der Waals surface area contributed by atoms with Crippen molar-refractivity contribution in [3.05, 3.63) is 60.2 Å². The summed E-state index contributed by atoms with van der Waals surface area (Å²) in [5.41, 5.74) is 0.959. The minimum absolute atomic E-state index is 0.0796. The highest BCUT2D eigenvalue weighted by molar-refractivity contribution is 7.84. The molecule has 132 valence electrons. The lowest BCUT2D eigenvalue weighted by molar-refractivity contribution is -0.122. The third-order valence-electron chi connectivity index (χ3n) is 3.56. The van der Waals surface area contributed by atoms with Crippen LogP contribution in [0.5, 0.6) is 0 Å². The van der Waals surface area contributed by atoms with Crippen LogP contribution in [0.4, 0.5) is 5.69 Å². The van der Waals surface area contributed by atoms with Crippen LogP contribution in [-0.4, -0.2) is 35.0 Å². The van der Waals surface area contributed by atoms with Crippen molar-refractivity contribution in [2.75, 3.05) is 17.8 Å². The van der Waals surface area contributed by atoms with Crippen molar-refractivity contribution in [2.24, 2.45) is 0 Å². The quantitative estimate of drug-likeness (QED) is 0.744. The molecule has 0 aliphatic rings. The Morgan fingerprint density at radius 3 is 2.24 bits per heavy atom. The smallest absolute Gasteiger partial charge is 0.339 e. The Morgan fingerprint density at radius 2 is 1.64 bits per heavy atom. The summed E-state index contributed by atoms with van der Waals surface area (Å²) in [6.07, 6.45) is 1.49. The molecule has 1 atom stereocenters. The molecular weight excluding hydrogens is 338 g/mol. The maximum absolute atomic E-state index is 12.5. The molecule has 25 heavy (non-hydrogen) atoms. The number of para-hydroxylation sites is 1. The number of rotatable bonds is 6. The second kappa shape index (κ2) is 8.58. The first-order valence-corrected chi connectivity index (χ1v) is 9.44. The van der Waals surface area contributed by atoms with Gasteiger partial charge in [-0.1, -0.05) is 30.3 Å². The first-order chi connectivity index (χ1) is 11.9. The van der Waals surface area contributed by atoms with Gasteiger partial charge >= 0.3 is 5.97 Å². The van der Waals surface area contributed by atoms with E-state index in [9.17, 15) is 13.8 Å². The van der Waals surface area contributed by atoms with Gasteiger partial charge in [0.2, 0.25) is 0 Å². The number of benzene rings is 2. The van der Waals surface area contributed by atoms with Gasteiger partial charge in [-0.05, 0) is 38.1 Å². The summed E-state index contributed by atoms with van der Waals surface area (Å²) in [6.45, 7) is 3.40. The van der Waals surface area contributed by atoms with Crippen molar-refractivity contribution >= 4 is 28.4 Å². The fraction of sp³-hybridized carbons (Fsp3) is 0.263. The van der Waals surface area contributed by atoms with E-state index in [0.717, 1.165) is 5.69 Å². The van der Waals surface area contributed by atoms with Crippen LogP contribution < -0.4 is 4.90 Å². The van der Waals surface area contributed by atoms with Gasteiger partial charge in [-0.15, -0.1) is 0 Å². The Hall–Kier alpha value is -2.47. The summed E-state index contributed by atoms with van der Waals surface area (Å²) >= 11 is 0. The minimum Gasteiger partial charge on any atom is -0.452 e. The van der Waals surface area contributed by atoms with E-state index in [1.54, 1.807) is 29.2 Å². The van der Waals surface area contributed by atoms with E-state index in [1.807, 2.05) is 44.2 Å². The SMILES string of the molecule is CC(C)N(C(=O)COC(=O)c1ccccc1[S@](C)=O)c1ccccc1. The second-order valence-electron chi connectivity index (χ2n) is 5.72. The van der Waals surface area contributed by atoms with Gasteiger partial charge in [0.25, 0.3) is 5.91 Å². The summed E-state index contributed by atoms with van der Waals surface area (Å²) in [6, 6.07) is 15.7. The molecule has 0 spiro atoms. The van der Waals surface area contributed by atoms with Crippen molar-refractivity contribution in [1.29, 1.82) is 0 Å². The Kier molecular flexibility index (Phi) is 6.47. The molecule has 0 aliphatic heterocycles. The van der Waals surface area contributed by atoms with Gasteiger partial charge in [0.15, 0.2) is 6.61 Å². The van der Waals surface area contributed by atoms with Crippen molar-refractivity contribution in [3.8, 4) is 0 Å². The van der Waals surface area contributed by atoms with Gasteiger partial charge in [-0.25, -0.2) is 4.79 Å². The van der Waals surface area contributed by atoms with Crippen LogP contribution >= 0.6 is 0 Å². The molecule has 6 heteroatoms. The lowest BCUT2D eigenvalue weighted by Gasteiger charge is -2.26. The summed E-state index contributed by atoms with van der Waals surface area (Å²) in [4.78, 5) is 26.8. The first kappa shape index (κ1) is 18.9. The molecule has 2 rings (SSSR count). The average Bonchev–Trinajstić information content (AvgIpc) is 2.60. The molecule has 0 fully saturated rings. The largest absolute Gasteiger partial charge is 0.452 e. The summed E-state index contributed by atoms with van der Waals surface area (Å²) in [5, 5.41) is 0. The Balaban J connectivity index is 2.11. The molecule has 0 radical (unpaired) electrons. The van der Waals surface area contributed by atoms with Gasteiger partial charge in [-0.3, -0.25) is 9.00 Å². The number of hydrogen-bond donors (Lipinski definition) is 0. The number of nitrogens with zero attached hydrogens (tertiary/aromatic N) is 1. The Labute approximate surface area is 150 Å². The zero-order chi connectivity index (χ0) is 18.4. The normalized spacial score (nSPS) is 11.8. The summed E-state index contributed by atoms with van der Waals surface area (Å²) in [7, 11) is -1.32. The van der Waals surface area contributed by atoms with E-state index < -0.39 is 16.8 Å². The number of anilines is 1. The van der Waals surface area contributed by atoms with Crippen molar-refractivity contribution in [3.63, 3.8) is 0 Å².